The molecule has 0 saturated carbocycles. The molecule has 28 heavy (non-hydrogen) atoms. The van der Waals surface area contributed by atoms with Crippen molar-refractivity contribution in [1.29, 1.82) is 0 Å². The third-order valence-corrected chi connectivity index (χ3v) is 5.84. The van der Waals surface area contributed by atoms with E-state index >= 15 is 0 Å². The van der Waals surface area contributed by atoms with Gasteiger partial charge in [0.2, 0.25) is 5.91 Å². The number of carbonyl (C=O) groups excluding carboxylic acids is 1. The number of hydrogen-bond acceptors (Lipinski definition) is 2. The number of carbonyl (C=O) groups is 1. The number of benzene rings is 2. The Morgan fingerprint density at radius 3 is 2.54 bits per heavy atom. The van der Waals surface area contributed by atoms with E-state index in [1.165, 1.54) is 0 Å². The Morgan fingerprint density at radius 2 is 1.89 bits per heavy atom. The molecule has 2 rings (SSSR count). The summed E-state index contributed by atoms with van der Waals surface area (Å²) >= 11 is 15.5. The molecule has 0 unspecified atom stereocenters. The van der Waals surface area contributed by atoms with Crippen LogP contribution in [0, 0.1) is 13.8 Å². The highest BCUT2D eigenvalue weighted by Gasteiger charge is 2.31. The summed E-state index contributed by atoms with van der Waals surface area (Å²) in [6.45, 7) is 3.97. The van der Waals surface area contributed by atoms with Crippen LogP contribution in [-0.2, 0) is 11.0 Å². The van der Waals surface area contributed by atoms with Crippen molar-refractivity contribution in [2.45, 2.75) is 32.9 Å². The number of aryl methyl sites for hydroxylation is 1. The monoisotopic (exact) mass is 497 g/mol. The van der Waals surface area contributed by atoms with Crippen LogP contribution in [0.2, 0.25) is 10.0 Å². The molecule has 0 heterocycles. The third kappa shape index (κ3) is 5.78. The van der Waals surface area contributed by atoms with E-state index in [1.807, 2.05) is 13.8 Å². The van der Waals surface area contributed by atoms with Gasteiger partial charge in [0.1, 0.15) is 5.75 Å². The van der Waals surface area contributed by atoms with Gasteiger partial charge >= 0.3 is 6.18 Å². The predicted octanol–water partition coefficient (Wildman–Crippen LogP) is 7.19. The van der Waals surface area contributed by atoms with E-state index in [0.717, 1.165) is 33.8 Å². The number of alkyl halides is 3. The highest BCUT2D eigenvalue weighted by Crippen LogP contribution is 2.36. The molecule has 0 spiro atoms. The Balaban J connectivity index is 1.91. The summed E-state index contributed by atoms with van der Waals surface area (Å²) in [4.78, 5) is 12.0. The van der Waals surface area contributed by atoms with Crippen LogP contribution >= 0.6 is 39.1 Å². The third-order valence-electron chi connectivity index (χ3n) is 3.94. The van der Waals surface area contributed by atoms with Crippen molar-refractivity contribution in [3.8, 4) is 5.75 Å². The van der Waals surface area contributed by atoms with E-state index in [0.29, 0.717) is 17.2 Å². The molecule has 0 radical (unpaired) electrons. The molecule has 3 nitrogen and oxygen atoms in total. The summed E-state index contributed by atoms with van der Waals surface area (Å²) in [6, 6.07) is 4.57. The van der Waals surface area contributed by atoms with E-state index in [1.54, 1.807) is 6.07 Å². The average molecular weight is 499 g/mol. The number of anilines is 1. The molecule has 0 atom stereocenters. The molecule has 2 aromatic rings. The van der Waals surface area contributed by atoms with Gasteiger partial charge in [0, 0.05) is 11.4 Å². The van der Waals surface area contributed by atoms with Crippen LogP contribution in [0.3, 0.4) is 0 Å². The lowest BCUT2D eigenvalue weighted by Crippen LogP contribution is -2.14. The van der Waals surface area contributed by atoms with Crippen molar-refractivity contribution < 1.29 is 22.7 Å². The van der Waals surface area contributed by atoms with Gasteiger partial charge in [-0.15, -0.1) is 0 Å². The molecule has 0 aliphatic rings. The lowest BCUT2D eigenvalue weighted by molar-refractivity contribution is -0.137. The highest BCUT2D eigenvalue weighted by molar-refractivity contribution is 9.10. The molecule has 0 aromatic heterocycles. The van der Waals surface area contributed by atoms with Crippen LogP contribution < -0.4 is 10.1 Å². The first kappa shape index (κ1) is 22.8. The van der Waals surface area contributed by atoms with E-state index in [-0.39, 0.29) is 23.7 Å². The number of nitrogens with one attached hydrogen (secondary N) is 1. The van der Waals surface area contributed by atoms with Gasteiger partial charge in [-0.25, -0.2) is 0 Å². The molecule has 0 aliphatic heterocycles. The molecule has 9 heteroatoms. The summed E-state index contributed by atoms with van der Waals surface area (Å²) in [7, 11) is 0. The molecule has 1 amide bonds. The summed E-state index contributed by atoms with van der Waals surface area (Å²) in [5.74, 6) is 0.160. The SMILES string of the molecule is Cc1cc(OCCCC(=O)Nc2cc(C(F)(F)F)ccc2Cl)c(Br)c(C)c1Cl. The molecule has 2 aromatic carbocycles. The van der Waals surface area contributed by atoms with Gasteiger partial charge in [-0.05, 0) is 71.6 Å². The van der Waals surface area contributed by atoms with Crippen LogP contribution in [0.15, 0.2) is 28.7 Å². The molecule has 0 bridgehead atoms. The van der Waals surface area contributed by atoms with Crippen molar-refractivity contribution in [3.05, 3.63) is 55.5 Å². The maximum atomic E-state index is 12.8. The summed E-state index contributed by atoms with van der Waals surface area (Å²) in [5.41, 5.74) is 0.769. The first-order valence-electron chi connectivity index (χ1n) is 8.25. The van der Waals surface area contributed by atoms with Crippen LogP contribution in [-0.4, -0.2) is 12.5 Å². The second-order valence-electron chi connectivity index (χ2n) is 6.14. The van der Waals surface area contributed by atoms with Crippen molar-refractivity contribution in [2.24, 2.45) is 0 Å². The molecule has 1 N–H and O–H groups in total. The first-order valence-corrected chi connectivity index (χ1v) is 9.80. The number of halogens is 6. The zero-order valence-electron chi connectivity index (χ0n) is 15.0. The van der Waals surface area contributed by atoms with Gasteiger partial charge in [-0.2, -0.15) is 13.2 Å². The number of amides is 1. The zero-order chi connectivity index (χ0) is 21.1. The Labute approximate surface area is 179 Å². The lowest BCUT2D eigenvalue weighted by Gasteiger charge is -2.13. The fraction of sp³-hybridized carbons (Fsp3) is 0.316. The maximum absolute atomic E-state index is 12.8. The van der Waals surface area contributed by atoms with E-state index in [9.17, 15) is 18.0 Å². The summed E-state index contributed by atoms with van der Waals surface area (Å²) < 4.78 is 44.7. The first-order chi connectivity index (χ1) is 13.0. The summed E-state index contributed by atoms with van der Waals surface area (Å²) in [5, 5.41) is 3.09. The van der Waals surface area contributed by atoms with Crippen LogP contribution in [0.5, 0.6) is 5.75 Å². The van der Waals surface area contributed by atoms with Gasteiger partial charge < -0.3 is 10.1 Å². The molecule has 0 aliphatic carbocycles. The smallest absolute Gasteiger partial charge is 0.416 e. The van der Waals surface area contributed by atoms with Gasteiger partial charge in [0.25, 0.3) is 0 Å². The van der Waals surface area contributed by atoms with Crippen LogP contribution in [0.25, 0.3) is 0 Å². The zero-order valence-corrected chi connectivity index (χ0v) is 18.1. The van der Waals surface area contributed by atoms with E-state index in [4.69, 9.17) is 27.9 Å². The van der Waals surface area contributed by atoms with Gasteiger partial charge in [-0.3, -0.25) is 4.79 Å². The second kappa shape index (κ2) is 9.37. The van der Waals surface area contributed by atoms with Gasteiger partial charge in [0.05, 0.1) is 27.4 Å². The summed E-state index contributed by atoms with van der Waals surface area (Å²) in [6.07, 6.45) is -4.08. The average Bonchev–Trinajstić information content (AvgIpc) is 2.61. The minimum Gasteiger partial charge on any atom is -0.492 e. The maximum Gasteiger partial charge on any atom is 0.416 e. The highest BCUT2D eigenvalue weighted by atomic mass is 79.9. The standard InChI is InChI=1S/C19H17BrCl2F3NO2/c1-10-8-15(17(20)11(2)18(10)22)28-7-3-4-16(27)26-14-9-12(19(23,24)25)5-6-13(14)21/h5-6,8-9H,3-4,7H2,1-2H3,(H,26,27). The topological polar surface area (TPSA) is 38.3 Å². The van der Waals surface area contributed by atoms with E-state index in [2.05, 4.69) is 21.2 Å². The van der Waals surface area contributed by atoms with Crippen molar-refractivity contribution in [3.63, 3.8) is 0 Å². The molecular formula is C19H17BrCl2F3NO2. The molecule has 152 valence electrons. The Hall–Kier alpha value is -1.44. The number of ether oxygens (including phenoxy) is 1. The van der Waals surface area contributed by atoms with Crippen molar-refractivity contribution in [1.82, 2.24) is 0 Å². The predicted molar refractivity (Wildman–Crippen MR) is 108 cm³/mol. The lowest BCUT2D eigenvalue weighted by atomic mass is 10.1. The molecule has 0 fully saturated rings. The van der Waals surface area contributed by atoms with E-state index < -0.39 is 17.6 Å². The minimum absolute atomic E-state index is 0.0358. The fourth-order valence-electron chi connectivity index (χ4n) is 2.43. The number of hydrogen-bond donors (Lipinski definition) is 1. The van der Waals surface area contributed by atoms with Crippen LogP contribution in [0.4, 0.5) is 18.9 Å². The Bertz CT molecular complexity index is 888. The molecule has 0 saturated heterocycles. The van der Waals surface area contributed by atoms with Crippen LogP contribution in [0.1, 0.15) is 29.5 Å². The minimum atomic E-state index is -4.51. The number of rotatable bonds is 6. The van der Waals surface area contributed by atoms with Gasteiger partial charge in [0.15, 0.2) is 0 Å². The normalized spacial score (nSPS) is 11.4. The molecular weight excluding hydrogens is 482 g/mol. The van der Waals surface area contributed by atoms with Crippen molar-refractivity contribution >= 4 is 50.7 Å². The van der Waals surface area contributed by atoms with Crippen molar-refractivity contribution in [2.75, 3.05) is 11.9 Å². The quantitative estimate of drug-likeness (QED) is 0.428. The largest absolute Gasteiger partial charge is 0.492 e. The fourth-order valence-corrected chi connectivity index (χ4v) is 3.29. The second-order valence-corrected chi connectivity index (χ2v) is 7.72. The Morgan fingerprint density at radius 1 is 1.21 bits per heavy atom. The Kier molecular flexibility index (Phi) is 7.65. The van der Waals surface area contributed by atoms with Gasteiger partial charge in [-0.1, -0.05) is 23.2 Å².